The Morgan fingerprint density at radius 1 is 1.39 bits per heavy atom. The van der Waals surface area contributed by atoms with Crippen molar-refractivity contribution in [3.8, 4) is 0 Å². The molecule has 1 saturated heterocycles. The van der Waals surface area contributed by atoms with Crippen LogP contribution in [0.5, 0.6) is 0 Å². The first-order valence-corrected chi connectivity index (χ1v) is 7.71. The van der Waals surface area contributed by atoms with Gasteiger partial charge in [-0.3, -0.25) is 4.79 Å². The molecule has 1 aliphatic rings. The fourth-order valence-electron chi connectivity index (χ4n) is 2.23. The summed E-state index contributed by atoms with van der Waals surface area (Å²) in [5, 5.41) is 11.3. The van der Waals surface area contributed by atoms with Crippen molar-refractivity contribution < 1.29 is 14.3 Å². The lowest BCUT2D eigenvalue weighted by Gasteiger charge is -2.22. The summed E-state index contributed by atoms with van der Waals surface area (Å²) in [6, 6.07) is 7.49. The third-order valence-corrected chi connectivity index (χ3v) is 3.81. The van der Waals surface area contributed by atoms with E-state index in [9.17, 15) is 4.79 Å². The summed E-state index contributed by atoms with van der Waals surface area (Å²) in [6.45, 7) is 2.48. The van der Waals surface area contributed by atoms with E-state index in [1.165, 1.54) is 0 Å². The molecule has 122 valence electrons. The zero-order chi connectivity index (χ0) is 16.1. The van der Waals surface area contributed by atoms with E-state index < -0.39 is 0 Å². The van der Waals surface area contributed by atoms with Gasteiger partial charge in [0.15, 0.2) is 5.69 Å². The van der Waals surface area contributed by atoms with Crippen LogP contribution in [0.4, 0.5) is 0 Å². The standard InChI is InChI=1S/C15H17ClN4O3/c16-13-4-2-1-3-11(13)8-20-9-14(18-19-20)15(21)17-7-12-10-22-5-6-23-12/h1-4,9,12H,5-8,10H2,(H,17,21)/t12-/m0/s1. The number of benzene rings is 1. The molecule has 2 heterocycles. The highest BCUT2D eigenvalue weighted by Gasteiger charge is 2.17. The van der Waals surface area contributed by atoms with Gasteiger partial charge in [-0.25, -0.2) is 4.68 Å². The van der Waals surface area contributed by atoms with Gasteiger partial charge in [-0.2, -0.15) is 0 Å². The fraction of sp³-hybridized carbons (Fsp3) is 0.400. The van der Waals surface area contributed by atoms with E-state index in [2.05, 4.69) is 15.6 Å². The molecule has 2 aromatic rings. The van der Waals surface area contributed by atoms with Gasteiger partial charge in [-0.05, 0) is 11.6 Å². The largest absolute Gasteiger partial charge is 0.376 e. The minimum absolute atomic E-state index is 0.120. The molecule has 7 nitrogen and oxygen atoms in total. The van der Waals surface area contributed by atoms with Crippen molar-refractivity contribution in [2.24, 2.45) is 0 Å². The number of aromatic nitrogens is 3. The topological polar surface area (TPSA) is 78.3 Å². The second-order valence-electron chi connectivity index (χ2n) is 5.17. The van der Waals surface area contributed by atoms with E-state index in [4.69, 9.17) is 21.1 Å². The predicted molar refractivity (Wildman–Crippen MR) is 83.5 cm³/mol. The highest BCUT2D eigenvalue weighted by Crippen LogP contribution is 2.15. The second-order valence-corrected chi connectivity index (χ2v) is 5.58. The Morgan fingerprint density at radius 3 is 3.04 bits per heavy atom. The summed E-state index contributed by atoms with van der Waals surface area (Å²) >= 11 is 6.11. The maximum atomic E-state index is 12.1. The first kappa shape index (κ1) is 15.9. The molecule has 0 unspecified atom stereocenters. The summed E-state index contributed by atoms with van der Waals surface area (Å²) in [5.41, 5.74) is 1.17. The molecule has 0 aliphatic carbocycles. The molecule has 8 heteroatoms. The number of rotatable bonds is 5. The summed E-state index contributed by atoms with van der Waals surface area (Å²) < 4.78 is 12.3. The zero-order valence-electron chi connectivity index (χ0n) is 12.4. The van der Waals surface area contributed by atoms with Crippen molar-refractivity contribution >= 4 is 17.5 Å². The van der Waals surface area contributed by atoms with E-state index in [-0.39, 0.29) is 17.7 Å². The smallest absolute Gasteiger partial charge is 0.273 e. The van der Waals surface area contributed by atoms with Crippen molar-refractivity contribution in [3.63, 3.8) is 0 Å². The average molecular weight is 337 g/mol. The van der Waals surface area contributed by atoms with E-state index in [0.717, 1.165) is 5.56 Å². The molecule has 1 aliphatic heterocycles. The third kappa shape index (κ3) is 4.28. The number of amides is 1. The number of ether oxygens (including phenoxy) is 2. The Labute approximate surface area is 138 Å². The van der Waals surface area contributed by atoms with Crippen molar-refractivity contribution in [1.29, 1.82) is 0 Å². The molecule has 1 atom stereocenters. The lowest BCUT2D eigenvalue weighted by atomic mass is 10.2. The number of nitrogens with one attached hydrogen (secondary N) is 1. The maximum absolute atomic E-state index is 12.1. The number of carbonyl (C=O) groups excluding carboxylic acids is 1. The van der Waals surface area contributed by atoms with Crippen LogP contribution in [0, 0.1) is 0 Å². The number of halogens is 1. The van der Waals surface area contributed by atoms with Crippen molar-refractivity contribution in [3.05, 3.63) is 46.7 Å². The molecule has 1 aromatic heterocycles. The molecule has 0 radical (unpaired) electrons. The molecule has 1 N–H and O–H groups in total. The van der Waals surface area contributed by atoms with Gasteiger partial charge >= 0.3 is 0 Å². The summed E-state index contributed by atoms with van der Waals surface area (Å²) in [6.07, 6.45) is 1.47. The summed E-state index contributed by atoms with van der Waals surface area (Å²) in [5.74, 6) is -0.287. The lowest BCUT2D eigenvalue weighted by Crippen LogP contribution is -2.39. The number of nitrogens with zero attached hydrogens (tertiary/aromatic N) is 3. The Hall–Kier alpha value is -1.96. The number of carbonyl (C=O) groups is 1. The zero-order valence-corrected chi connectivity index (χ0v) is 13.2. The van der Waals surface area contributed by atoms with Crippen LogP contribution in [0.3, 0.4) is 0 Å². The van der Waals surface area contributed by atoms with Crippen molar-refractivity contribution in [2.75, 3.05) is 26.4 Å². The monoisotopic (exact) mass is 336 g/mol. The van der Waals surface area contributed by atoms with Gasteiger partial charge in [0.2, 0.25) is 0 Å². The van der Waals surface area contributed by atoms with Crippen molar-refractivity contribution in [2.45, 2.75) is 12.6 Å². The predicted octanol–water partition coefficient (Wildman–Crippen LogP) is 1.12. The van der Waals surface area contributed by atoms with Gasteiger partial charge in [0.05, 0.1) is 38.7 Å². The maximum Gasteiger partial charge on any atom is 0.273 e. The van der Waals surface area contributed by atoms with Crippen LogP contribution >= 0.6 is 11.6 Å². The van der Waals surface area contributed by atoms with E-state index >= 15 is 0 Å². The van der Waals surface area contributed by atoms with E-state index in [0.29, 0.717) is 37.9 Å². The van der Waals surface area contributed by atoms with Crippen molar-refractivity contribution in [1.82, 2.24) is 20.3 Å². The first-order valence-electron chi connectivity index (χ1n) is 7.33. The lowest BCUT2D eigenvalue weighted by molar-refractivity contribution is -0.0855. The van der Waals surface area contributed by atoms with Gasteiger partial charge in [-0.1, -0.05) is 35.0 Å². The normalized spacial score (nSPS) is 17.9. The molecular formula is C15H17ClN4O3. The molecule has 1 fully saturated rings. The molecule has 0 bridgehead atoms. The van der Waals surface area contributed by atoms with Gasteiger partial charge in [0.25, 0.3) is 5.91 Å². The third-order valence-electron chi connectivity index (χ3n) is 3.44. The Kier molecular flexibility index (Phi) is 5.22. The van der Waals surface area contributed by atoms with Crippen LogP contribution < -0.4 is 5.32 Å². The quantitative estimate of drug-likeness (QED) is 0.885. The van der Waals surface area contributed by atoms with Crippen LogP contribution in [0.1, 0.15) is 16.1 Å². The van der Waals surface area contributed by atoms with Crippen LogP contribution in [-0.4, -0.2) is 53.4 Å². The molecular weight excluding hydrogens is 320 g/mol. The highest BCUT2D eigenvalue weighted by atomic mass is 35.5. The summed E-state index contributed by atoms with van der Waals surface area (Å²) in [4.78, 5) is 12.1. The summed E-state index contributed by atoms with van der Waals surface area (Å²) in [7, 11) is 0. The molecule has 1 amide bonds. The molecule has 0 spiro atoms. The van der Waals surface area contributed by atoms with E-state index in [1.54, 1.807) is 10.9 Å². The Bertz CT molecular complexity index is 670. The second kappa shape index (κ2) is 7.54. The number of hydrogen-bond acceptors (Lipinski definition) is 5. The van der Waals surface area contributed by atoms with Crippen LogP contribution in [0.25, 0.3) is 0 Å². The van der Waals surface area contributed by atoms with Gasteiger partial charge < -0.3 is 14.8 Å². The van der Waals surface area contributed by atoms with E-state index in [1.807, 2.05) is 24.3 Å². The molecule has 0 saturated carbocycles. The van der Waals surface area contributed by atoms with Crippen LogP contribution in [0.15, 0.2) is 30.5 Å². The molecule has 1 aromatic carbocycles. The minimum Gasteiger partial charge on any atom is -0.376 e. The first-order chi connectivity index (χ1) is 11.2. The fourth-order valence-corrected chi connectivity index (χ4v) is 2.43. The Balaban J connectivity index is 1.55. The van der Waals surface area contributed by atoms with Gasteiger partial charge in [0, 0.05) is 11.6 Å². The molecule has 23 heavy (non-hydrogen) atoms. The Morgan fingerprint density at radius 2 is 2.26 bits per heavy atom. The average Bonchev–Trinajstić information content (AvgIpc) is 3.04. The SMILES string of the molecule is O=C(NC[C@H]1COCCO1)c1cn(Cc2ccccc2Cl)nn1. The highest BCUT2D eigenvalue weighted by molar-refractivity contribution is 6.31. The van der Waals surface area contributed by atoms with Crippen LogP contribution in [0.2, 0.25) is 5.02 Å². The number of hydrogen-bond donors (Lipinski definition) is 1. The van der Waals surface area contributed by atoms with Gasteiger partial charge in [-0.15, -0.1) is 5.10 Å². The van der Waals surface area contributed by atoms with Crippen LogP contribution in [-0.2, 0) is 16.0 Å². The van der Waals surface area contributed by atoms with Gasteiger partial charge in [0.1, 0.15) is 0 Å². The molecule has 3 rings (SSSR count). The minimum atomic E-state index is -0.287.